The van der Waals surface area contributed by atoms with Crippen molar-refractivity contribution in [3.05, 3.63) is 0 Å². The molecule has 102 valence electrons. The second kappa shape index (κ2) is 7.07. The summed E-state index contributed by atoms with van der Waals surface area (Å²) in [5.41, 5.74) is 0. The van der Waals surface area contributed by atoms with E-state index in [9.17, 15) is 8.42 Å². The molecule has 0 heterocycles. The minimum Gasteiger partial charge on any atom is -0.202 e. The van der Waals surface area contributed by atoms with Crippen LogP contribution in [0.3, 0.4) is 0 Å². The minimum absolute atomic E-state index is 0.425. The van der Waals surface area contributed by atoms with Gasteiger partial charge in [0.25, 0.3) is 10.2 Å². The lowest BCUT2D eigenvalue weighted by atomic mass is 9.89. The highest BCUT2D eigenvalue weighted by Crippen LogP contribution is 2.29. The molecule has 1 rings (SSSR count). The number of rotatable bonds is 6. The summed E-state index contributed by atoms with van der Waals surface area (Å²) in [4.78, 5) is 0.454. The Morgan fingerprint density at radius 3 is 2.35 bits per heavy atom. The molecule has 4 nitrogen and oxygen atoms in total. The number of hydrogen-bond acceptors (Lipinski definition) is 2. The van der Waals surface area contributed by atoms with E-state index in [1.165, 1.54) is 17.1 Å². The Labute approximate surface area is 113 Å². The van der Waals surface area contributed by atoms with E-state index in [1.54, 1.807) is 0 Å². The van der Waals surface area contributed by atoms with E-state index < -0.39 is 10.2 Å². The van der Waals surface area contributed by atoms with Gasteiger partial charge >= 0.3 is 0 Å². The van der Waals surface area contributed by atoms with Gasteiger partial charge in [-0.3, -0.25) is 0 Å². The molecule has 1 aliphatic carbocycles. The molecule has 17 heavy (non-hydrogen) atoms. The van der Waals surface area contributed by atoms with Crippen molar-refractivity contribution < 1.29 is 8.42 Å². The van der Waals surface area contributed by atoms with E-state index in [0.29, 0.717) is 30.4 Å². The molecular weight excluding hydrogens is 304 g/mol. The van der Waals surface area contributed by atoms with Crippen molar-refractivity contribution in [2.24, 2.45) is 5.92 Å². The Morgan fingerprint density at radius 2 is 1.82 bits per heavy atom. The third-order valence-electron chi connectivity index (χ3n) is 3.39. The van der Waals surface area contributed by atoms with Crippen molar-refractivity contribution in [1.82, 2.24) is 9.03 Å². The van der Waals surface area contributed by atoms with Crippen molar-refractivity contribution in [3.8, 4) is 0 Å². The van der Waals surface area contributed by atoms with Gasteiger partial charge in [-0.25, -0.2) is 4.72 Å². The first-order valence-electron chi connectivity index (χ1n) is 6.40. The lowest BCUT2D eigenvalue weighted by Gasteiger charge is -2.28. The number of alkyl halides is 1. The second-order valence-electron chi connectivity index (χ2n) is 4.50. The molecule has 0 aromatic rings. The predicted molar refractivity (Wildman–Crippen MR) is 74.5 cm³/mol. The van der Waals surface area contributed by atoms with Crippen LogP contribution in [0.15, 0.2) is 0 Å². The van der Waals surface area contributed by atoms with Crippen LogP contribution < -0.4 is 4.72 Å². The van der Waals surface area contributed by atoms with Crippen LogP contribution in [0.4, 0.5) is 0 Å². The predicted octanol–water partition coefficient (Wildman–Crippen LogP) is 2.12. The average molecular weight is 327 g/mol. The Hall–Kier alpha value is 0.350. The van der Waals surface area contributed by atoms with Gasteiger partial charge in [-0.15, -0.1) is 0 Å². The highest BCUT2D eigenvalue weighted by Gasteiger charge is 2.25. The van der Waals surface area contributed by atoms with E-state index in [0.717, 1.165) is 12.8 Å². The fourth-order valence-corrected chi connectivity index (χ4v) is 4.32. The maximum absolute atomic E-state index is 11.9. The number of halogens is 1. The Balaban J connectivity index is 2.48. The standard InChI is InChI=1S/C11H23BrN2O2S/c1-3-14(4-2)17(15,16)13-9-10-7-5-6-8-11(10)12/h10-11,13H,3-9H2,1-2H3. The number of hydrogen-bond donors (Lipinski definition) is 1. The van der Waals surface area contributed by atoms with Gasteiger partial charge in [0.15, 0.2) is 0 Å². The van der Waals surface area contributed by atoms with E-state index in [4.69, 9.17) is 0 Å². The van der Waals surface area contributed by atoms with Crippen molar-refractivity contribution in [1.29, 1.82) is 0 Å². The zero-order valence-electron chi connectivity index (χ0n) is 10.7. The van der Waals surface area contributed by atoms with Crippen molar-refractivity contribution >= 4 is 26.1 Å². The summed E-state index contributed by atoms with van der Waals surface area (Å²) in [7, 11) is -3.28. The largest absolute Gasteiger partial charge is 0.279 e. The Morgan fingerprint density at radius 1 is 1.24 bits per heavy atom. The van der Waals surface area contributed by atoms with Gasteiger partial charge in [-0.2, -0.15) is 12.7 Å². The van der Waals surface area contributed by atoms with E-state index in [1.807, 2.05) is 13.8 Å². The quantitative estimate of drug-likeness (QED) is 0.760. The summed E-state index contributed by atoms with van der Waals surface area (Å²) in [6.07, 6.45) is 4.71. The molecule has 2 atom stereocenters. The van der Waals surface area contributed by atoms with Gasteiger partial charge in [0.05, 0.1) is 0 Å². The zero-order valence-corrected chi connectivity index (χ0v) is 13.1. The summed E-state index contributed by atoms with van der Waals surface area (Å²) in [6, 6.07) is 0. The normalized spacial score (nSPS) is 26.4. The van der Waals surface area contributed by atoms with Crippen LogP contribution in [-0.4, -0.2) is 37.2 Å². The maximum atomic E-state index is 11.9. The second-order valence-corrected chi connectivity index (χ2v) is 7.43. The van der Waals surface area contributed by atoms with Crippen LogP contribution in [0, 0.1) is 5.92 Å². The third kappa shape index (κ3) is 4.50. The molecule has 1 saturated carbocycles. The molecule has 0 amide bonds. The summed E-state index contributed by atoms with van der Waals surface area (Å²) < 4.78 is 28.1. The minimum atomic E-state index is -3.28. The lowest BCUT2D eigenvalue weighted by molar-refractivity contribution is 0.365. The van der Waals surface area contributed by atoms with Gasteiger partial charge in [0, 0.05) is 24.5 Å². The molecule has 0 saturated heterocycles. The molecule has 0 aromatic carbocycles. The zero-order chi connectivity index (χ0) is 12.9. The molecule has 1 fully saturated rings. The van der Waals surface area contributed by atoms with Crippen LogP contribution in [0.25, 0.3) is 0 Å². The first-order chi connectivity index (χ1) is 8.01. The molecule has 0 bridgehead atoms. The molecule has 1 aliphatic rings. The summed E-state index contributed by atoms with van der Waals surface area (Å²) in [5, 5.41) is 0. The highest BCUT2D eigenvalue weighted by atomic mass is 79.9. The van der Waals surface area contributed by atoms with Crippen molar-refractivity contribution in [2.75, 3.05) is 19.6 Å². The highest BCUT2D eigenvalue weighted by molar-refractivity contribution is 9.09. The Kier molecular flexibility index (Phi) is 6.40. The molecule has 0 aliphatic heterocycles. The third-order valence-corrected chi connectivity index (χ3v) is 6.32. The van der Waals surface area contributed by atoms with Crippen molar-refractivity contribution in [2.45, 2.75) is 44.4 Å². The summed E-state index contributed by atoms with van der Waals surface area (Å²) in [5.74, 6) is 0.425. The van der Waals surface area contributed by atoms with Gasteiger partial charge < -0.3 is 0 Å². The fraction of sp³-hybridized carbons (Fsp3) is 1.00. The summed E-state index contributed by atoms with van der Waals surface area (Å²) >= 11 is 3.65. The molecular formula is C11H23BrN2O2S. The van der Waals surface area contributed by atoms with Gasteiger partial charge in [-0.05, 0) is 18.8 Å². The number of nitrogens with zero attached hydrogens (tertiary/aromatic N) is 1. The van der Waals surface area contributed by atoms with Gasteiger partial charge in [-0.1, -0.05) is 42.6 Å². The van der Waals surface area contributed by atoms with E-state index in [-0.39, 0.29) is 0 Å². The first-order valence-corrected chi connectivity index (χ1v) is 8.75. The smallest absolute Gasteiger partial charge is 0.202 e. The lowest BCUT2D eigenvalue weighted by Crippen LogP contribution is -2.43. The molecule has 0 radical (unpaired) electrons. The van der Waals surface area contributed by atoms with Crippen LogP contribution >= 0.6 is 15.9 Å². The van der Waals surface area contributed by atoms with Crippen LogP contribution in [0.2, 0.25) is 0 Å². The molecule has 1 N–H and O–H groups in total. The monoisotopic (exact) mass is 326 g/mol. The average Bonchev–Trinajstić information content (AvgIpc) is 2.29. The number of nitrogens with one attached hydrogen (secondary N) is 1. The molecule has 6 heteroatoms. The molecule has 0 spiro atoms. The summed E-state index contributed by atoms with van der Waals surface area (Å²) in [6.45, 7) is 5.31. The maximum Gasteiger partial charge on any atom is 0.279 e. The molecule has 2 unspecified atom stereocenters. The van der Waals surface area contributed by atoms with Crippen LogP contribution in [0.5, 0.6) is 0 Å². The van der Waals surface area contributed by atoms with Gasteiger partial charge in [0.2, 0.25) is 0 Å². The van der Waals surface area contributed by atoms with Crippen LogP contribution in [-0.2, 0) is 10.2 Å². The first kappa shape index (κ1) is 15.4. The van der Waals surface area contributed by atoms with Crippen LogP contribution in [0.1, 0.15) is 39.5 Å². The molecule has 0 aromatic heterocycles. The van der Waals surface area contributed by atoms with E-state index >= 15 is 0 Å². The Bertz CT molecular complexity index is 317. The SMILES string of the molecule is CCN(CC)S(=O)(=O)NCC1CCCCC1Br. The van der Waals surface area contributed by atoms with E-state index in [2.05, 4.69) is 20.7 Å². The van der Waals surface area contributed by atoms with Gasteiger partial charge in [0.1, 0.15) is 0 Å². The fourth-order valence-electron chi connectivity index (χ4n) is 2.26. The topological polar surface area (TPSA) is 49.4 Å². The van der Waals surface area contributed by atoms with Crippen molar-refractivity contribution in [3.63, 3.8) is 0 Å².